The zero-order valence-electron chi connectivity index (χ0n) is 13.7. The Morgan fingerprint density at radius 3 is 2.48 bits per heavy atom. The summed E-state index contributed by atoms with van der Waals surface area (Å²) in [5.74, 6) is -0.102. The average molecular weight is 323 g/mol. The summed E-state index contributed by atoms with van der Waals surface area (Å²) in [5, 5.41) is 6.75. The Balaban J connectivity index is 1.81. The van der Waals surface area contributed by atoms with E-state index in [4.69, 9.17) is 5.73 Å². The zero-order valence-corrected chi connectivity index (χ0v) is 13.7. The van der Waals surface area contributed by atoms with E-state index in [0.29, 0.717) is 37.6 Å². The Morgan fingerprint density at radius 2 is 1.96 bits per heavy atom. The molecule has 0 aromatic heterocycles. The summed E-state index contributed by atoms with van der Waals surface area (Å²) in [6, 6.07) is -0.474. The highest BCUT2D eigenvalue weighted by Crippen LogP contribution is 2.21. The molecule has 8 heteroatoms. The molecule has 0 radical (unpaired) electrons. The summed E-state index contributed by atoms with van der Waals surface area (Å²) >= 11 is 0. The summed E-state index contributed by atoms with van der Waals surface area (Å²) in [6.45, 7) is 5.00. The van der Waals surface area contributed by atoms with Crippen LogP contribution in [0.15, 0.2) is 5.10 Å². The minimum atomic E-state index is -0.469. The molecular formula is C15H25N5O3. The van der Waals surface area contributed by atoms with E-state index in [2.05, 4.69) is 15.8 Å². The van der Waals surface area contributed by atoms with Gasteiger partial charge in [0.15, 0.2) is 0 Å². The van der Waals surface area contributed by atoms with Gasteiger partial charge < -0.3 is 16.0 Å². The van der Waals surface area contributed by atoms with Crippen LogP contribution in [0.5, 0.6) is 0 Å². The van der Waals surface area contributed by atoms with Crippen molar-refractivity contribution in [2.75, 3.05) is 13.1 Å². The molecule has 2 atom stereocenters. The molecule has 23 heavy (non-hydrogen) atoms. The van der Waals surface area contributed by atoms with Gasteiger partial charge in [0.25, 0.3) is 5.91 Å². The third-order valence-electron chi connectivity index (χ3n) is 4.47. The molecule has 1 saturated heterocycles. The van der Waals surface area contributed by atoms with Gasteiger partial charge in [-0.2, -0.15) is 5.10 Å². The van der Waals surface area contributed by atoms with E-state index in [1.807, 2.05) is 6.92 Å². The number of carbonyl (C=O) groups excluding carboxylic acids is 3. The van der Waals surface area contributed by atoms with Gasteiger partial charge in [-0.25, -0.2) is 5.43 Å². The highest BCUT2D eigenvalue weighted by Gasteiger charge is 2.29. The van der Waals surface area contributed by atoms with Gasteiger partial charge in [-0.05, 0) is 32.6 Å². The largest absolute Gasteiger partial charge is 0.348 e. The topological polar surface area (TPSA) is 117 Å². The molecule has 2 heterocycles. The molecule has 2 rings (SSSR count). The molecular weight excluding hydrogens is 298 g/mol. The SMILES string of the molecule is CC(NC(=O)C1=NNC(=O)CC1)C1CCN(C(=O)[C@H](C)N)CC1. The van der Waals surface area contributed by atoms with Gasteiger partial charge in [0, 0.05) is 32.0 Å². The molecule has 8 nitrogen and oxygen atoms in total. The van der Waals surface area contributed by atoms with Gasteiger partial charge in [-0.15, -0.1) is 0 Å². The van der Waals surface area contributed by atoms with Gasteiger partial charge >= 0.3 is 0 Å². The fraction of sp³-hybridized carbons (Fsp3) is 0.733. The van der Waals surface area contributed by atoms with E-state index in [1.54, 1.807) is 11.8 Å². The van der Waals surface area contributed by atoms with Gasteiger partial charge in [-0.3, -0.25) is 14.4 Å². The first-order valence-electron chi connectivity index (χ1n) is 8.09. The van der Waals surface area contributed by atoms with Crippen LogP contribution in [0.1, 0.15) is 39.5 Å². The lowest BCUT2D eigenvalue weighted by molar-refractivity contribution is -0.134. The van der Waals surface area contributed by atoms with Crippen LogP contribution in [0.4, 0.5) is 0 Å². The molecule has 0 aromatic carbocycles. The summed E-state index contributed by atoms with van der Waals surface area (Å²) in [5.41, 5.74) is 8.32. The van der Waals surface area contributed by atoms with Crippen molar-refractivity contribution in [1.29, 1.82) is 0 Å². The standard InChI is InChI=1S/C15H25N5O3/c1-9(16)15(23)20-7-5-11(6-8-20)10(2)17-14(22)12-3-4-13(21)19-18-12/h9-11H,3-8,16H2,1-2H3,(H,17,22)(H,19,21)/t9-,10?/m0/s1. The predicted molar refractivity (Wildman–Crippen MR) is 85.4 cm³/mol. The Bertz CT molecular complexity index is 509. The van der Waals surface area contributed by atoms with E-state index in [0.717, 1.165) is 12.8 Å². The number of rotatable bonds is 4. The smallest absolute Gasteiger partial charge is 0.267 e. The average Bonchev–Trinajstić information content (AvgIpc) is 2.54. The number of hydrogen-bond donors (Lipinski definition) is 3. The number of likely N-dealkylation sites (tertiary alicyclic amines) is 1. The molecule has 0 aromatic rings. The number of hydrogen-bond acceptors (Lipinski definition) is 5. The highest BCUT2D eigenvalue weighted by atomic mass is 16.2. The van der Waals surface area contributed by atoms with Gasteiger partial charge in [0.1, 0.15) is 5.71 Å². The molecule has 2 aliphatic rings. The van der Waals surface area contributed by atoms with Crippen LogP contribution in [-0.4, -0.2) is 53.5 Å². The van der Waals surface area contributed by atoms with Crippen molar-refractivity contribution >= 4 is 23.4 Å². The maximum Gasteiger partial charge on any atom is 0.267 e. The van der Waals surface area contributed by atoms with Gasteiger partial charge in [-0.1, -0.05) is 0 Å². The maximum absolute atomic E-state index is 12.1. The number of nitrogens with one attached hydrogen (secondary N) is 2. The second kappa shape index (κ2) is 7.54. The zero-order chi connectivity index (χ0) is 17.0. The lowest BCUT2D eigenvalue weighted by Crippen LogP contribution is -2.50. The van der Waals surface area contributed by atoms with Crippen molar-refractivity contribution in [2.24, 2.45) is 16.8 Å². The van der Waals surface area contributed by atoms with Crippen LogP contribution < -0.4 is 16.5 Å². The van der Waals surface area contributed by atoms with Crippen molar-refractivity contribution in [3.63, 3.8) is 0 Å². The highest BCUT2D eigenvalue weighted by molar-refractivity contribution is 6.39. The van der Waals surface area contributed by atoms with Gasteiger partial charge in [0.2, 0.25) is 11.8 Å². The predicted octanol–water partition coefficient (Wildman–Crippen LogP) is -0.657. The van der Waals surface area contributed by atoms with E-state index < -0.39 is 6.04 Å². The van der Waals surface area contributed by atoms with E-state index in [1.165, 1.54) is 0 Å². The Labute approximate surface area is 135 Å². The molecule has 3 amide bonds. The minimum absolute atomic E-state index is 0.00428. The van der Waals surface area contributed by atoms with Gasteiger partial charge in [0.05, 0.1) is 6.04 Å². The van der Waals surface area contributed by atoms with Crippen molar-refractivity contribution in [1.82, 2.24) is 15.6 Å². The Morgan fingerprint density at radius 1 is 1.30 bits per heavy atom. The first-order chi connectivity index (χ1) is 10.9. The van der Waals surface area contributed by atoms with Crippen molar-refractivity contribution < 1.29 is 14.4 Å². The third-order valence-corrected chi connectivity index (χ3v) is 4.47. The number of nitrogens with two attached hydrogens (primary N) is 1. The molecule has 4 N–H and O–H groups in total. The molecule has 0 aliphatic carbocycles. The second-order valence-electron chi connectivity index (χ2n) is 6.31. The van der Waals surface area contributed by atoms with Crippen molar-refractivity contribution in [3.8, 4) is 0 Å². The molecule has 128 valence electrons. The number of carbonyl (C=O) groups is 3. The van der Waals surface area contributed by atoms with Crippen LogP contribution >= 0.6 is 0 Å². The van der Waals surface area contributed by atoms with Crippen molar-refractivity contribution in [3.05, 3.63) is 0 Å². The summed E-state index contributed by atoms with van der Waals surface area (Å²) < 4.78 is 0. The minimum Gasteiger partial charge on any atom is -0.348 e. The normalized spacial score (nSPS) is 22.0. The van der Waals surface area contributed by atoms with E-state index >= 15 is 0 Å². The first kappa shape index (κ1) is 17.4. The molecule has 0 saturated carbocycles. The van der Waals surface area contributed by atoms with Crippen LogP contribution in [0.2, 0.25) is 0 Å². The summed E-state index contributed by atoms with van der Waals surface area (Å²) in [7, 11) is 0. The Kier molecular flexibility index (Phi) is 5.70. The number of nitrogens with zero attached hydrogens (tertiary/aromatic N) is 2. The number of hydrazone groups is 1. The maximum atomic E-state index is 12.1. The van der Waals surface area contributed by atoms with Crippen LogP contribution in [0.3, 0.4) is 0 Å². The fourth-order valence-electron chi connectivity index (χ4n) is 2.95. The lowest BCUT2D eigenvalue weighted by atomic mass is 9.90. The number of piperidine rings is 1. The second-order valence-corrected chi connectivity index (χ2v) is 6.31. The van der Waals surface area contributed by atoms with Crippen LogP contribution in [0.25, 0.3) is 0 Å². The summed E-state index contributed by atoms with van der Waals surface area (Å²) in [4.78, 5) is 36.8. The Hall–Kier alpha value is -1.96. The van der Waals surface area contributed by atoms with E-state index in [-0.39, 0.29) is 23.8 Å². The molecule has 0 bridgehead atoms. The molecule has 1 fully saturated rings. The lowest BCUT2D eigenvalue weighted by Gasteiger charge is -2.35. The first-order valence-corrected chi connectivity index (χ1v) is 8.09. The summed E-state index contributed by atoms with van der Waals surface area (Å²) in [6.07, 6.45) is 2.33. The van der Waals surface area contributed by atoms with Crippen LogP contribution in [0, 0.1) is 5.92 Å². The monoisotopic (exact) mass is 323 g/mol. The van der Waals surface area contributed by atoms with E-state index in [9.17, 15) is 14.4 Å². The van der Waals surface area contributed by atoms with Crippen molar-refractivity contribution in [2.45, 2.75) is 51.6 Å². The molecule has 1 unspecified atom stereocenters. The third kappa shape index (κ3) is 4.51. The number of amides is 3. The quantitative estimate of drug-likeness (QED) is 0.637. The van der Waals surface area contributed by atoms with Crippen LogP contribution in [-0.2, 0) is 14.4 Å². The molecule has 2 aliphatic heterocycles. The fourth-order valence-corrected chi connectivity index (χ4v) is 2.95. The molecule has 0 spiro atoms.